The highest BCUT2D eigenvalue weighted by molar-refractivity contribution is 7.09. The van der Waals surface area contributed by atoms with Gasteiger partial charge < -0.3 is 10.0 Å². The molecular formula is C13H12N2O3S. The minimum absolute atomic E-state index is 0.0718. The number of aromatic carboxylic acids is 1. The zero-order chi connectivity index (χ0) is 13.8. The molecule has 1 amide bonds. The van der Waals surface area contributed by atoms with Crippen LogP contribution in [0.4, 0.5) is 0 Å². The summed E-state index contributed by atoms with van der Waals surface area (Å²) < 4.78 is 0. The first-order valence-corrected chi connectivity index (χ1v) is 6.43. The second-order valence-electron chi connectivity index (χ2n) is 3.98. The predicted octanol–water partition coefficient (Wildman–Crippen LogP) is 2.11. The van der Waals surface area contributed by atoms with Gasteiger partial charge in [-0.25, -0.2) is 9.78 Å². The zero-order valence-corrected chi connectivity index (χ0v) is 11.1. The van der Waals surface area contributed by atoms with Gasteiger partial charge in [0.1, 0.15) is 5.69 Å². The molecular weight excluding hydrogens is 264 g/mol. The Hall–Kier alpha value is -2.21. The number of thiophene rings is 1. The summed E-state index contributed by atoms with van der Waals surface area (Å²) in [6.07, 6.45) is 1.29. The summed E-state index contributed by atoms with van der Waals surface area (Å²) in [5.74, 6) is -1.29. The van der Waals surface area contributed by atoms with Crippen LogP contribution in [0, 0.1) is 0 Å². The summed E-state index contributed by atoms with van der Waals surface area (Å²) in [5.41, 5.74) is 0.307. The molecule has 1 N–H and O–H groups in total. The van der Waals surface area contributed by atoms with E-state index in [9.17, 15) is 9.59 Å². The Morgan fingerprint density at radius 2 is 2.16 bits per heavy atom. The van der Waals surface area contributed by atoms with Crippen LogP contribution >= 0.6 is 11.3 Å². The molecule has 0 bridgehead atoms. The first-order chi connectivity index (χ1) is 9.08. The van der Waals surface area contributed by atoms with Crippen LogP contribution in [-0.2, 0) is 6.54 Å². The average Bonchev–Trinajstić information content (AvgIpc) is 2.90. The van der Waals surface area contributed by atoms with Crippen molar-refractivity contribution in [2.45, 2.75) is 6.54 Å². The first kappa shape index (κ1) is 13.2. The van der Waals surface area contributed by atoms with Crippen LogP contribution in [0.2, 0.25) is 0 Å². The van der Waals surface area contributed by atoms with Crippen molar-refractivity contribution >= 4 is 23.2 Å². The van der Waals surface area contributed by atoms with Gasteiger partial charge in [0.2, 0.25) is 0 Å². The molecule has 2 aromatic rings. The van der Waals surface area contributed by atoms with Crippen LogP contribution in [0.25, 0.3) is 0 Å². The molecule has 0 aromatic carbocycles. The topological polar surface area (TPSA) is 70.5 Å². The number of rotatable bonds is 4. The molecule has 98 valence electrons. The van der Waals surface area contributed by atoms with E-state index >= 15 is 0 Å². The molecule has 0 saturated heterocycles. The summed E-state index contributed by atoms with van der Waals surface area (Å²) in [7, 11) is 1.70. The number of carbonyl (C=O) groups excluding carboxylic acids is 1. The van der Waals surface area contributed by atoms with Crippen molar-refractivity contribution in [3.05, 3.63) is 52.0 Å². The maximum absolute atomic E-state index is 12.1. The maximum atomic E-state index is 12.1. The second-order valence-corrected chi connectivity index (χ2v) is 5.01. The predicted molar refractivity (Wildman–Crippen MR) is 71.3 cm³/mol. The maximum Gasteiger partial charge on any atom is 0.354 e. The van der Waals surface area contributed by atoms with Gasteiger partial charge in [0, 0.05) is 18.1 Å². The lowest BCUT2D eigenvalue weighted by molar-refractivity contribution is 0.0688. The lowest BCUT2D eigenvalue weighted by Gasteiger charge is -2.16. The summed E-state index contributed by atoms with van der Waals surface area (Å²) in [6, 6.07) is 6.69. The molecule has 0 fully saturated rings. The van der Waals surface area contributed by atoms with E-state index in [0.29, 0.717) is 12.1 Å². The minimum atomic E-state index is -1.11. The quantitative estimate of drug-likeness (QED) is 0.928. The van der Waals surface area contributed by atoms with Crippen molar-refractivity contribution in [2.24, 2.45) is 0 Å². The molecule has 2 heterocycles. The first-order valence-electron chi connectivity index (χ1n) is 5.55. The second kappa shape index (κ2) is 5.62. The van der Waals surface area contributed by atoms with Gasteiger partial charge in [-0.05, 0) is 23.6 Å². The van der Waals surface area contributed by atoms with Crippen molar-refractivity contribution in [3.8, 4) is 0 Å². The smallest absolute Gasteiger partial charge is 0.354 e. The Morgan fingerprint density at radius 3 is 2.68 bits per heavy atom. The fraction of sp³-hybridized carbons (Fsp3) is 0.154. The average molecular weight is 276 g/mol. The highest BCUT2D eigenvalue weighted by Gasteiger charge is 2.14. The number of nitrogens with zero attached hydrogens (tertiary/aromatic N) is 2. The Balaban J connectivity index is 2.08. The third kappa shape index (κ3) is 3.17. The van der Waals surface area contributed by atoms with Crippen LogP contribution in [-0.4, -0.2) is 33.9 Å². The van der Waals surface area contributed by atoms with Crippen molar-refractivity contribution in [3.63, 3.8) is 0 Å². The van der Waals surface area contributed by atoms with Crippen LogP contribution in [0.5, 0.6) is 0 Å². The van der Waals surface area contributed by atoms with Gasteiger partial charge in [-0.1, -0.05) is 6.07 Å². The molecule has 0 aliphatic heterocycles. The molecule has 0 saturated carbocycles. The van der Waals surface area contributed by atoms with Crippen LogP contribution < -0.4 is 0 Å². The largest absolute Gasteiger partial charge is 0.477 e. The Labute approximate surface area is 114 Å². The molecule has 6 heteroatoms. The van der Waals surface area contributed by atoms with E-state index < -0.39 is 5.97 Å². The SMILES string of the molecule is CN(Cc1cccs1)C(=O)c1ccc(C(=O)O)nc1. The molecule has 2 aromatic heterocycles. The lowest BCUT2D eigenvalue weighted by atomic mass is 10.2. The van der Waals surface area contributed by atoms with Gasteiger partial charge in [-0.2, -0.15) is 0 Å². The summed E-state index contributed by atoms with van der Waals surface area (Å²) in [6.45, 7) is 0.525. The fourth-order valence-electron chi connectivity index (χ4n) is 1.58. The summed E-state index contributed by atoms with van der Waals surface area (Å²) >= 11 is 1.58. The Kier molecular flexibility index (Phi) is 3.91. The van der Waals surface area contributed by atoms with Gasteiger partial charge in [0.05, 0.1) is 12.1 Å². The molecule has 2 rings (SSSR count). The number of hydrogen-bond acceptors (Lipinski definition) is 4. The summed E-state index contributed by atoms with van der Waals surface area (Å²) in [5, 5.41) is 10.7. The van der Waals surface area contributed by atoms with E-state index in [0.717, 1.165) is 4.88 Å². The third-order valence-corrected chi connectivity index (χ3v) is 3.41. The molecule has 0 radical (unpaired) electrons. The Morgan fingerprint density at radius 1 is 1.37 bits per heavy atom. The number of carboxylic acid groups (broad SMARTS) is 1. The number of amides is 1. The molecule has 5 nitrogen and oxygen atoms in total. The van der Waals surface area contributed by atoms with Gasteiger partial charge in [-0.15, -0.1) is 11.3 Å². The van der Waals surface area contributed by atoms with E-state index in [1.807, 2.05) is 17.5 Å². The monoisotopic (exact) mass is 276 g/mol. The lowest BCUT2D eigenvalue weighted by Crippen LogP contribution is -2.26. The number of carbonyl (C=O) groups is 2. The van der Waals surface area contributed by atoms with Crippen molar-refractivity contribution < 1.29 is 14.7 Å². The normalized spacial score (nSPS) is 10.2. The fourth-order valence-corrected chi connectivity index (χ4v) is 2.33. The van der Waals surface area contributed by atoms with E-state index in [2.05, 4.69) is 4.98 Å². The molecule has 0 aliphatic rings. The van der Waals surface area contributed by atoms with Crippen LogP contribution in [0.3, 0.4) is 0 Å². The van der Waals surface area contributed by atoms with Crippen molar-refractivity contribution in [1.82, 2.24) is 9.88 Å². The van der Waals surface area contributed by atoms with Crippen molar-refractivity contribution in [2.75, 3.05) is 7.05 Å². The van der Waals surface area contributed by atoms with Gasteiger partial charge >= 0.3 is 5.97 Å². The highest BCUT2D eigenvalue weighted by atomic mass is 32.1. The third-order valence-electron chi connectivity index (χ3n) is 2.55. The molecule has 0 aliphatic carbocycles. The number of pyridine rings is 1. The van der Waals surface area contributed by atoms with Crippen molar-refractivity contribution in [1.29, 1.82) is 0 Å². The number of hydrogen-bond donors (Lipinski definition) is 1. The zero-order valence-electron chi connectivity index (χ0n) is 10.2. The molecule has 0 spiro atoms. The number of carboxylic acids is 1. The standard InChI is InChI=1S/C13H12N2O3S/c1-15(8-10-3-2-6-19-10)12(16)9-4-5-11(13(17)18)14-7-9/h2-7H,8H2,1H3,(H,17,18). The van der Waals surface area contributed by atoms with E-state index in [4.69, 9.17) is 5.11 Å². The minimum Gasteiger partial charge on any atom is -0.477 e. The van der Waals surface area contributed by atoms with E-state index in [1.54, 1.807) is 23.3 Å². The Bertz CT molecular complexity index is 578. The van der Waals surface area contributed by atoms with Gasteiger partial charge in [0.15, 0.2) is 0 Å². The molecule has 0 unspecified atom stereocenters. The van der Waals surface area contributed by atoms with Crippen LogP contribution in [0.1, 0.15) is 25.7 Å². The van der Waals surface area contributed by atoms with E-state index in [-0.39, 0.29) is 11.6 Å². The van der Waals surface area contributed by atoms with Gasteiger partial charge in [-0.3, -0.25) is 4.79 Å². The van der Waals surface area contributed by atoms with Gasteiger partial charge in [0.25, 0.3) is 5.91 Å². The molecule has 0 atom stereocenters. The highest BCUT2D eigenvalue weighted by Crippen LogP contribution is 2.13. The summed E-state index contributed by atoms with van der Waals surface area (Å²) in [4.78, 5) is 29.2. The molecule has 19 heavy (non-hydrogen) atoms. The van der Waals surface area contributed by atoms with E-state index in [1.165, 1.54) is 18.3 Å². The number of aromatic nitrogens is 1. The van der Waals surface area contributed by atoms with Crippen LogP contribution in [0.15, 0.2) is 35.8 Å².